The van der Waals surface area contributed by atoms with E-state index in [-0.39, 0.29) is 18.5 Å². The number of rotatable bonds is 62. The van der Waals surface area contributed by atoms with Crippen LogP contribution in [0.25, 0.3) is 0 Å². The van der Waals surface area contributed by atoms with Crippen molar-refractivity contribution in [1.29, 1.82) is 0 Å². The quantitative estimate of drug-likeness (QED) is 0.0320. The van der Waals surface area contributed by atoms with Crippen molar-refractivity contribution in [2.75, 3.05) is 13.2 Å². The molecule has 74 heavy (non-hydrogen) atoms. The van der Waals surface area contributed by atoms with Crippen molar-refractivity contribution < 1.29 is 24.5 Å². The summed E-state index contributed by atoms with van der Waals surface area (Å²) in [6.45, 7) is 4.89. The summed E-state index contributed by atoms with van der Waals surface area (Å²) in [6.07, 6.45) is 80.7. The van der Waals surface area contributed by atoms with Crippen molar-refractivity contribution in [2.45, 2.75) is 373 Å². The summed E-state index contributed by atoms with van der Waals surface area (Å²) in [5.74, 6) is -0.0540. The van der Waals surface area contributed by atoms with Crippen LogP contribution in [0.4, 0.5) is 0 Å². The van der Waals surface area contributed by atoms with Crippen LogP contribution in [0.2, 0.25) is 0 Å². The van der Waals surface area contributed by atoms with E-state index in [0.717, 1.165) is 51.4 Å². The highest BCUT2D eigenvalue weighted by atomic mass is 16.5. The molecule has 1 amide bonds. The maximum atomic E-state index is 12.4. The molecule has 0 aromatic heterocycles. The van der Waals surface area contributed by atoms with Gasteiger partial charge in [-0.05, 0) is 64.2 Å². The molecule has 0 radical (unpaired) electrons. The average molecular weight is 1040 g/mol. The largest absolute Gasteiger partial charge is 0.466 e. The number of aliphatic hydroxyl groups excluding tert-OH is 2. The second-order valence-electron chi connectivity index (χ2n) is 22.8. The van der Waals surface area contributed by atoms with Gasteiger partial charge in [-0.25, -0.2) is 0 Å². The van der Waals surface area contributed by atoms with Crippen LogP contribution in [0.5, 0.6) is 0 Å². The molecule has 0 aliphatic rings. The monoisotopic (exact) mass is 1040 g/mol. The number of aliphatic hydroxyl groups is 2. The Kier molecular flexibility index (Phi) is 62.0. The molecular weight excluding hydrogens is 911 g/mol. The third-order valence-corrected chi connectivity index (χ3v) is 15.4. The molecule has 2 atom stereocenters. The summed E-state index contributed by atoms with van der Waals surface area (Å²) in [5.41, 5.74) is 0. The third-order valence-electron chi connectivity index (χ3n) is 15.4. The number of esters is 1. The molecule has 0 spiro atoms. The Morgan fingerprint density at radius 1 is 0.378 bits per heavy atom. The Hall–Kier alpha value is -1.92. The first-order valence-electron chi connectivity index (χ1n) is 33.3. The lowest BCUT2D eigenvalue weighted by Gasteiger charge is -2.20. The van der Waals surface area contributed by atoms with E-state index in [1.807, 2.05) is 6.08 Å². The molecular formula is C68H129NO5. The number of nitrogens with one attached hydrogen (secondary N) is 1. The summed E-state index contributed by atoms with van der Waals surface area (Å²) in [7, 11) is 0. The van der Waals surface area contributed by atoms with Crippen LogP contribution in [0, 0.1) is 0 Å². The minimum Gasteiger partial charge on any atom is -0.466 e. The second kappa shape index (κ2) is 63.6. The van der Waals surface area contributed by atoms with Crippen LogP contribution >= 0.6 is 0 Å². The summed E-state index contributed by atoms with van der Waals surface area (Å²) in [6, 6.07) is -0.624. The number of hydrogen-bond donors (Lipinski definition) is 3. The van der Waals surface area contributed by atoms with Crippen molar-refractivity contribution in [3.05, 3.63) is 36.5 Å². The van der Waals surface area contributed by atoms with Gasteiger partial charge in [-0.1, -0.05) is 320 Å². The molecule has 0 aromatic carbocycles. The maximum absolute atomic E-state index is 12.4. The van der Waals surface area contributed by atoms with Gasteiger partial charge in [0.25, 0.3) is 0 Å². The van der Waals surface area contributed by atoms with Gasteiger partial charge in [0.1, 0.15) is 0 Å². The number of carbonyl (C=O) groups is 2. The van der Waals surface area contributed by atoms with Crippen LogP contribution in [-0.4, -0.2) is 47.4 Å². The van der Waals surface area contributed by atoms with Crippen molar-refractivity contribution in [1.82, 2.24) is 5.32 Å². The van der Waals surface area contributed by atoms with Crippen LogP contribution in [-0.2, 0) is 14.3 Å². The number of ether oxygens (including phenoxy) is 1. The molecule has 0 aliphatic heterocycles. The Labute approximate surface area is 462 Å². The summed E-state index contributed by atoms with van der Waals surface area (Å²) >= 11 is 0. The zero-order chi connectivity index (χ0) is 53.6. The molecule has 0 heterocycles. The molecule has 6 nitrogen and oxygen atoms in total. The summed E-state index contributed by atoms with van der Waals surface area (Å²) < 4.78 is 5.50. The summed E-state index contributed by atoms with van der Waals surface area (Å²) in [5, 5.41) is 23.0. The lowest BCUT2D eigenvalue weighted by molar-refractivity contribution is -0.143. The van der Waals surface area contributed by atoms with Crippen LogP contribution in [0.3, 0.4) is 0 Å². The molecule has 0 aliphatic carbocycles. The highest BCUT2D eigenvalue weighted by Crippen LogP contribution is 2.18. The lowest BCUT2D eigenvalue weighted by atomic mass is 10.0. The number of hydrogen-bond acceptors (Lipinski definition) is 5. The van der Waals surface area contributed by atoms with Crippen molar-refractivity contribution >= 4 is 11.9 Å². The van der Waals surface area contributed by atoms with Gasteiger partial charge in [0.2, 0.25) is 5.91 Å². The van der Waals surface area contributed by atoms with E-state index in [2.05, 4.69) is 43.5 Å². The van der Waals surface area contributed by atoms with Gasteiger partial charge >= 0.3 is 5.97 Å². The van der Waals surface area contributed by atoms with Crippen LogP contribution < -0.4 is 5.32 Å². The zero-order valence-corrected chi connectivity index (χ0v) is 49.8. The second-order valence-corrected chi connectivity index (χ2v) is 22.8. The predicted octanol–water partition coefficient (Wildman–Crippen LogP) is 21.1. The fourth-order valence-corrected chi connectivity index (χ4v) is 10.3. The van der Waals surface area contributed by atoms with E-state index in [0.29, 0.717) is 19.4 Å². The number of carbonyl (C=O) groups excluding carboxylic acids is 2. The van der Waals surface area contributed by atoms with Gasteiger partial charge in [-0.3, -0.25) is 9.59 Å². The number of amides is 1. The van der Waals surface area contributed by atoms with E-state index in [1.54, 1.807) is 6.08 Å². The SMILES string of the molecule is CCCCCC/C=C\C/C=C\CCCCCCCCCC(=O)OCCCCCCCCCCCCCCCCCCCCCCCCCCCCCCC(=O)NC(CO)C(O)/C=C/CCCCCCCCCCC. The van der Waals surface area contributed by atoms with Crippen LogP contribution in [0.1, 0.15) is 361 Å². The standard InChI is InChI=1S/C68H129NO5/c1-3-5-7-9-11-13-15-16-17-18-32-35-38-42-46-50-54-58-62-68(73)74-63-59-55-51-47-43-39-36-33-30-28-26-24-22-20-19-21-23-25-27-29-31-34-37-41-45-49-53-57-61-67(72)69-65(64-70)66(71)60-56-52-48-44-40-14-12-10-8-6-4-2/h13,15,17-18,56,60,65-66,70-71H,3-12,14,16,19-55,57-59,61-64H2,1-2H3,(H,69,72)/b15-13-,18-17-,60-56+. The van der Waals surface area contributed by atoms with E-state index in [1.165, 1.54) is 283 Å². The van der Waals surface area contributed by atoms with E-state index < -0.39 is 12.1 Å². The zero-order valence-electron chi connectivity index (χ0n) is 49.8. The van der Waals surface area contributed by atoms with Gasteiger partial charge in [-0.15, -0.1) is 0 Å². The normalized spacial score (nSPS) is 12.8. The highest BCUT2D eigenvalue weighted by Gasteiger charge is 2.18. The first kappa shape index (κ1) is 72.1. The Balaban J connectivity index is 3.33. The van der Waals surface area contributed by atoms with Crippen molar-refractivity contribution in [3.63, 3.8) is 0 Å². The molecule has 0 fully saturated rings. The molecule has 0 aromatic rings. The minimum atomic E-state index is -0.841. The van der Waals surface area contributed by atoms with Crippen molar-refractivity contribution in [3.8, 4) is 0 Å². The Morgan fingerprint density at radius 2 is 0.676 bits per heavy atom. The van der Waals surface area contributed by atoms with Crippen molar-refractivity contribution in [2.24, 2.45) is 0 Å². The molecule has 0 bridgehead atoms. The van der Waals surface area contributed by atoms with E-state index in [4.69, 9.17) is 4.74 Å². The smallest absolute Gasteiger partial charge is 0.305 e. The molecule has 3 N–H and O–H groups in total. The molecule has 2 unspecified atom stereocenters. The van der Waals surface area contributed by atoms with Gasteiger partial charge < -0.3 is 20.3 Å². The van der Waals surface area contributed by atoms with E-state index >= 15 is 0 Å². The maximum Gasteiger partial charge on any atom is 0.305 e. The molecule has 0 rings (SSSR count). The number of allylic oxidation sites excluding steroid dienone is 5. The minimum absolute atomic E-state index is 0.0112. The van der Waals surface area contributed by atoms with E-state index in [9.17, 15) is 19.8 Å². The first-order chi connectivity index (χ1) is 36.5. The third kappa shape index (κ3) is 59.3. The topological polar surface area (TPSA) is 95.9 Å². The Bertz CT molecular complexity index is 1200. The Morgan fingerprint density at radius 3 is 1.04 bits per heavy atom. The molecule has 6 heteroatoms. The van der Waals surface area contributed by atoms with Gasteiger partial charge in [0.05, 0.1) is 25.4 Å². The fraction of sp³-hybridized carbons (Fsp3) is 0.882. The molecule has 0 saturated heterocycles. The molecule has 436 valence electrons. The van der Waals surface area contributed by atoms with Gasteiger partial charge in [0.15, 0.2) is 0 Å². The lowest BCUT2D eigenvalue weighted by Crippen LogP contribution is -2.45. The summed E-state index contributed by atoms with van der Waals surface area (Å²) in [4.78, 5) is 24.5. The average Bonchev–Trinajstić information content (AvgIpc) is 3.40. The number of unbranched alkanes of at least 4 members (excludes halogenated alkanes) is 47. The fourth-order valence-electron chi connectivity index (χ4n) is 10.3. The highest BCUT2D eigenvalue weighted by molar-refractivity contribution is 5.76. The predicted molar refractivity (Wildman–Crippen MR) is 324 cm³/mol. The molecule has 0 saturated carbocycles. The van der Waals surface area contributed by atoms with Gasteiger partial charge in [-0.2, -0.15) is 0 Å². The van der Waals surface area contributed by atoms with Crippen LogP contribution in [0.15, 0.2) is 36.5 Å². The van der Waals surface area contributed by atoms with Gasteiger partial charge in [0, 0.05) is 12.8 Å². The first-order valence-corrected chi connectivity index (χ1v) is 33.3.